The van der Waals surface area contributed by atoms with Gasteiger partial charge in [0.25, 0.3) is 0 Å². The number of quaternary nitrogens is 1. The summed E-state index contributed by atoms with van der Waals surface area (Å²) in [5.41, 5.74) is 0. The van der Waals surface area contributed by atoms with E-state index in [-0.39, 0.29) is 0 Å². The zero-order valence-electron chi connectivity index (χ0n) is 17.2. The Morgan fingerprint density at radius 3 is 1.00 bits per heavy atom. The van der Waals surface area contributed by atoms with Gasteiger partial charge in [0.15, 0.2) is 0 Å². The number of hydrogen-bond acceptors (Lipinski definition) is 1. The van der Waals surface area contributed by atoms with Crippen LogP contribution in [0.1, 0.15) is 103 Å². The fourth-order valence-electron chi connectivity index (χ4n) is 2.96. The van der Waals surface area contributed by atoms with E-state index in [4.69, 9.17) is 5.11 Å². The van der Waals surface area contributed by atoms with Gasteiger partial charge >= 0.3 is 0 Å². The van der Waals surface area contributed by atoms with Crippen molar-refractivity contribution >= 4 is 0 Å². The second kappa shape index (κ2) is 20.0. The Morgan fingerprint density at radius 1 is 0.478 bits per heavy atom. The van der Waals surface area contributed by atoms with Gasteiger partial charge in [-0.1, -0.05) is 90.4 Å². The van der Waals surface area contributed by atoms with E-state index in [1.54, 1.807) is 0 Å². The molecule has 0 aliphatic carbocycles. The molecule has 23 heavy (non-hydrogen) atoms. The molecular weight excluding hydrogens is 282 g/mol. The number of nitrogens with zero attached hydrogens (tertiary/aromatic N) is 1. The van der Waals surface area contributed by atoms with Gasteiger partial charge in [-0.05, 0) is 12.8 Å². The van der Waals surface area contributed by atoms with Gasteiger partial charge in [0.2, 0.25) is 0 Å². The van der Waals surface area contributed by atoms with Crippen LogP contribution in [0.25, 0.3) is 0 Å². The molecule has 0 unspecified atom stereocenters. The first-order valence-corrected chi connectivity index (χ1v) is 10.3. The van der Waals surface area contributed by atoms with Crippen molar-refractivity contribution < 1.29 is 9.59 Å². The summed E-state index contributed by atoms with van der Waals surface area (Å²) in [6.07, 6.45) is 21.9. The number of hydrogen-bond donors (Lipinski definition) is 0. The third-order valence-corrected chi connectivity index (χ3v) is 4.43. The monoisotopic (exact) mass is 329 g/mol. The van der Waals surface area contributed by atoms with Gasteiger partial charge in [0.1, 0.15) is 0 Å². The zero-order valence-corrected chi connectivity index (χ0v) is 17.2. The van der Waals surface area contributed by atoms with Crippen LogP contribution >= 0.6 is 0 Å². The van der Waals surface area contributed by atoms with Gasteiger partial charge in [-0.15, -0.1) is 0 Å². The fourth-order valence-corrected chi connectivity index (χ4v) is 2.96. The summed E-state index contributed by atoms with van der Waals surface area (Å²) in [6.45, 7) is 3.63. The third kappa shape index (κ3) is 27.1. The van der Waals surface area contributed by atoms with Crippen molar-refractivity contribution in [3.8, 4) is 0 Å². The molecule has 0 atom stereocenters. The molecule has 0 saturated carbocycles. The molecule has 0 aliphatic rings. The van der Waals surface area contributed by atoms with E-state index in [1.807, 2.05) is 0 Å². The predicted molar refractivity (Wildman–Crippen MR) is 104 cm³/mol. The van der Waals surface area contributed by atoms with Crippen molar-refractivity contribution in [1.82, 2.24) is 0 Å². The van der Waals surface area contributed by atoms with Gasteiger partial charge in [-0.2, -0.15) is 7.11 Å². The van der Waals surface area contributed by atoms with Gasteiger partial charge in [0.05, 0.1) is 27.7 Å². The lowest BCUT2D eigenvalue weighted by molar-refractivity contribution is -0.870. The average molecular weight is 330 g/mol. The Hall–Kier alpha value is -0.0800. The molecular formula is C21H47NO. The molecule has 0 rings (SSSR count). The van der Waals surface area contributed by atoms with Crippen LogP contribution in [0.2, 0.25) is 0 Å². The van der Waals surface area contributed by atoms with Crippen LogP contribution in [0.15, 0.2) is 0 Å². The molecule has 0 radical (unpaired) electrons. The van der Waals surface area contributed by atoms with Crippen LogP contribution in [0.5, 0.6) is 0 Å². The molecule has 0 heterocycles. The highest BCUT2D eigenvalue weighted by Crippen LogP contribution is 2.13. The van der Waals surface area contributed by atoms with E-state index >= 15 is 0 Å². The van der Waals surface area contributed by atoms with Crippen LogP contribution in [-0.2, 0) is 0 Å². The largest absolute Gasteiger partial charge is 0.857 e. The second-order valence-electron chi connectivity index (χ2n) is 7.96. The normalized spacial score (nSPS) is 11.2. The summed E-state index contributed by atoms with van der Waals surface area (Å²) < 4.78 is 1.12. The Bertz CT molecular complexity index is 199. The van der Waals surface area contributed by atoms with Gasteiger partial charge in [-0.3, -0.25) is 0 Å². The molecule has 2 heteroatoms. The molecule has 0 bridgehead atoms. The van der Waals surface area contributed by atoms with Crippen molar-refractivity contribution in [2.75, 3.05) is 34.8 Å². The summed E-state index contributed by atoms with van der Waals surface area (Å²) in [7, 11) is 7.64. The van der Waals surface area contributed by atoms with Gasteiger partial charge in [-0.25, -0.2) is 0 Å². The van der Waals surface area contributed by atoms with E-state index in [2.05, 4.69) is 28.1 Å². The topological polar surface area (TPSA) is 23.1 Å². The quantitative estimate of drug-likeness (QED) is 0.269. The first-order chi connectivity index (χ1) is 11.1. The van der Waals surface area contributed by atoms with Crippen molar-refractivity contribution in [2.45, 2.75) is 103 Å². The molecule has 0 fully saturated rings. The van der Waals surface area contributed by atoms with E-state index in [9.17, 15) is 0 Å². The summed E-state index contributed by atoms with van der Waals surface area (Å²) >= 11 is 0. The Morgan fingerprint density at radius 2 is 0.739 bits per heavy atom. The smallest absolute Gasteiger partial charge is 0.0780 e. The predicted octanol–water partition coefficient (Wildman–Crippen LogP) is 5.54. The Kier molecular flexibility index (Phi) is 21.8. The maximum Gasteiger partial charge on any atom is 0.0780 e. The van der Waals surface area contributed by atoms with E-state index in [0.717, 1.165) is 11.6 Å². The molecule has 2 nitrogen and oxygen atoms in total. The molecule has 0 N–H and O–H groups in total. The van der Waals surface area contributed by atoms with Crippen molar-refractivity contribution in [3.63, 3.8) is 0 Å². The first kappa shape index (κ1) is 25.2. The SMILES string of the molecule is CCCCCCCCCCCCCCCCC[N+](C)(C)C.C[O-]. The molecule has 0 aliphatic heterocycles. The second-order valence-corrected chi connectivity index (χ2v) is 7.96. The van der Waals surface area contributed by atoms with Crippen LogP contribution in [0.3, 0.4) is 0 Å². The molecule has 0 spiro atoms. The molecule has 0 aromatic heterocycles. The summed E-state index contributed by atoms with van der Waals surface area (Å²) in [4.78, 5) is 0. The standard InChI is InChI=1S/C20H44N.CH3O/c1-5-6-7-8-9-10-11-12-13-14-15-16-17-18-19-20-21(2,3)4;1-2/h5-20H2,1-4H3;1H3/q+1;-1. The van der Waals surface area contributed by atoms with Crippen LogP contribution in [0.4, 0.5) is 0 Å². The van der Waals surface area contributed by atoms with Crippen molar-refractivity contribution in [3.05, 3.63) is 0 Å². The van der Waals surface area contributed by atoms with Crippen LogP contribution in [-0.4, -0.2) is 39.3 Å². The van der Waals surface area contributed by atoms with Crippen molar-refractivity contribution in [2.24, 2.45) is 0 Å². The number of rotatable bonds is 16. The maximum atomic E-state index is 8.25. The lowest BCUT2D eigenvalue weighted by Gasteiger charge is -2.23. The highest BCUT2D eigenvalue weighted by Gasteiger charge is 2.04. The fraction of sp³-hybridized carbons (Fsp3) is 1.00. The van der Waals surface area contributed by atoms with E-state index < -0.39 is 0 Å². The lowest BCUT2D eigenvalue weighted by atomic mass is 10.0. The molecule has 0 aromatic rings. The summed E-state index contributed by atoms with van der Waals surface area (Å²) in [6, 6.07) is 0. The van der Waals surface area contributed by atoms with Crippen molar-refractivity contribution in [1.29, 1.82) is 0 Å². The number of unbranched alkanes of at least 4 members (excludes halogenated alkanes) is 14. The molecule has 142 valence electrons. The first-order valence-electron chi connectivity index (χ1n) is 10.3. The minimum Gasteiger partial charge on any atom is -0.857 e. The Labute approximate surface area is 148 Å². The highest BCUT2D eigenvalue weighted by atomic mass is 16.2. The Balaban J connectivity index is 0. The molecule has 0 saturated heterocycles. The highest BCUT2D eigenvalue weighted by molar-refractivity contribution is 4.49. The van der Waals surface area contributed by atoms with Gasteiger partial charge in [0, 0.05) is 0 Å². The summed E-state index contributed by atoms with van der Waals surface area (Å²) in [5, 5.41) is 8.25. The zero-order chi connectivity index (χ0) is 17.8. The van der Waals surface area contributed by atoms with E-state index in [1.165, 1.54) is 103 Å². The van der Waals surface area contributed by atoms with E-state index in [0.29, 0.717) is 0 Å². The summed E-state index contributed by atoms with van der Waals surface area (Å²) in [5.74, 6) is 0. The van der Waals surface area contributed by atoms with Crippen LogP contribution < -0.4 is 5.11 Å². The average Bonchev–Trinajstić information content (AvgIpc) is 2.52. The van der Waals surface area contributed by atoms with Gasteiger partial charge < -0.3 is 9.59 Å². The minimum absolute atomic E-state index is 0.750. The van der Waals surface area contributed by atoms with Crippen LogP contribution in [0, 0.1) is 0 Å². The molecule has 0 aromatic carbocycles. The minimum atomic E-state index is 0.750. The third-order valence-electron chi connectivity index (χ3n) is 4.43. The maximum absolute atomic E-state index is 8.25. The molecule has 0 amide bonds. The lowest BCUT2D eigenvalue weighted by Crippen LogP contribution is -2.35.